The SMILES string of the molecule is C/C=C(/C)F. The normalized spacial score (nSPS) is 12.2. The second kappa shape index (κ2) is 1.94. The second-order valence-electron chi connectivity index (χ2n) is 0.875. The Kier molecular flexibility index (Phi) is 1.81. The third kappa shape index (κ3) is 3.67. The van der Waals surface area contributed by atoms with Crippen molar-refractivity contribution in [3.8, 4) is 0 Å². The lowest BCUT2D eigenvalue weighted by molar-refractivity contribution is 0.638. The summed E-state index contributed by atoms with van der Waals surface area (Å²) >= 11 is 0. The smallest absolute Gasteiger partial charge is 0.0926 e. The van der Waals surface area contributed by atoms with Crippen molar-refractivity contribution in [2.75, 3.05) is 0 Å². The van der Waals surface area contributed by atoms with Crippen LogP contribution in [0.25, 0.3) is 0 Å². The monoisotopic (exact) mass is 74.1 g/mol. The number of allylic oxidation sites excluding steroid dienone is 2. The molecule has 0 spiro atoms. The molecule has 0 aromatic carbocycles. The fourth-order valence-corrected chi connectivity index (χ4v) is 0. The average Bonchev–Trinajstić information content (AvgIpc) is 1.38. The highest BCUT2D eigenvalue weighted by atomic mass is 19.1. The lowest BCUT2D eigenvalue weighted by Gasteiger charge is -1.68. The molecule has 30 valence electrons. The van der Waals surface area contributed by atoms with Gasteiger partial charge < -0.3 is 0 Å². The third-order valence-corrected chi connectivity index (χ3v) is 0.398. The number of halogens is 1. The van der Waals surface area contributed by atoms with E-state index < -0.39 is 0 Å². The van der Waals surface area contributed by atoms with E-state index in [0.717, 1.165) is 0 Å². The number of hydrogen-bond acceptors (Lipinski definition) is 0. The Morgan fingerprint density at radius 2 is 2.00 bits per heavy atom. The molecule has 0 N–H and O–H groups in total. The van der Waals surface area contributed by atoms with Crippen LogP contribution in [0.15, 0.2) is 11.9 Å². The lowest BCUT2D eigenvalue weighted by atomic mass is 10.6. The van der Waals surface area contributed by atoms with Crippen molar-refractivity contribution in [1.29, 1.82) is 0 Å². The quantitative estimate of drug-likeness (QED) is 0.411. The highest BCUT2D eigenvalue weighted by Gasteiger charge is 1.66. The molecule has 0 aromatic heterocycles. The van der Waals surface area contributed by atoms with E-state index in [1.54, 1.807) is 6.92 Å². The van der Waals surface area contributed by atoms with Gasteiger partial charge in [-0.25, -0.2) is 4.39 Å². The van der Waals surface area contributed by atoms with E-state index in [2.05, 4.69) is 0 Å². The summed E-state index contributed by atoms with van der Waals surface area (Å²) < 4.78 is 11.3. The molecule has 0 unspecified atom stereocenters. The molecule has 0 heterocycles. The molecule has 0 fully saturated rings. The molecule has 0 rings (SSSR count). The number of hydrogen-bond donors (Lipinski definition) is 0. The van der Waals surface area contributed by atoms with E-state index in [-0.39, 0.29) is 5.83 Å². The molecular formula is C4H7F. The molecule has 0 radical (unpaired) electrons. The minimum Gasteiger partial charge on any atom is -0.213 e. The Morgan fingerprint density at radius 1 is 1.80 bits per heavy atom. The van der Waals surface area contributed by atoms with Crippen molar-refractivity contribution >= 4 is 0 Å². The van der Waals surface area contributed by atoms with Crippen LogP contribution in [0.2, 0.25) is 0 Å². The first-order valence-electron chi connectivity index (χ1n) is 1.56. The van der Waals surface area contributed by atoms with E-state index in [4.69, 9.17) is 0 Å². The van der Waals surface area contributed by atoms with E-state index >= 15 is 0 Å². The van der Waals surface area contributed by atoms with Crippen molar-refractivity contribution in [2.45, 2.75) is 13.8 Å². The van der Waals surface area contributed by atoms with Crippen molar-refractivity contribution in [2.24, 2.45) is 0 Å². The van der Waals surface area contributed by atoms with Gasteiger partial charge in [0.15, 0.2) is 0 Å². The summed E-state index contributed by atoms with van der Waals surface area (Å²) in [5.41, 5.74) is 0. The lowest BCUT2D eigenvalue weighted by Crippen LogP contribution is -1.48. The first-order chi connectivity index (χ1) is 2.27. The largest absolute Gasteiger partial charge is 0.213 e. The summed E-state index contributed by atoms with van der Waals surface area (Å²) in [5, 5.41) is 0. The summed E-state index contributed by atoms with van der Waals surface area (Å²) in [7, 11) is 0. The van der Waals surface area contributed by atoms with Crippen LogP contribution in [-0.2, 0) is 0 Å². The average molecular weight is 74.1 g/mol. The molecule has 1 heteroatoms. The molecule has 0 aromatic rings. The molecule has 0 bridgehead atoms. The van der Waals surface area contributed by atoms with Crippen molar-refractivity contribution in [1.82, 2.24) is 0 Å². The van der Waals surface area contributed by atoms with Gasteiger partial charge in [-0.1, -0.05) is 6.08 Å². The molecule has 0 amide bonds. The van der Waals surface area contributed by atoms with Gasteiger partial charge in [-0.2, -0.15) is 0 Å². The predicted octanol–water partition coefficient (Wildman–Crippen LogP) is 1.88. The molecule has 0 nitrogen and oxygen atoms in total. The molecule has 0 saturated heterocycles. The molecular weight excluding hydrogens is 67.0 g/mol. The summed E-state index contributed by atoms with van der Waals surface area (Å²) in [6.45, 7) is 3.08. The fourth-order valence-electron chi connectivity index (χ4n) is 0. The maximum Gasteiger partial charge on any atom is 0.0926 e. The first-order valence-corrected chi connectivity index (χ1v) is 1.56. The highest BCUT2D eigenvalue weighted by molar-refractivity contribution is 4.80. The Morgan fingerprint density at radius 3 is 2.00 bits per heavy atom. The standard InChI is InChI=1S/C4H7F/c1-3-4(2)5/h3H,1-2H3/b4-3-. The van der Waals surface area contributed by atoms with E-state index in [1.165, 1.54) is 13.0 Å². The van der Waals surface area contributed by atoms with Crippen LogP contribution < -0.4 is 0 Å². The van der Waals surface area contributed by atoms with Gasteiger partial charge in [0.1, 0.15) is 0 Å². The Balaban J connectivity index is 3.14. The zero-order valence-electron chi connectivity index (χ0n) is 3.46. The topological polar surface area (TPSA) is 0 Å². The van der Waals surface area contributed by atoms with Gasteiger partial charge in [-0.05, 0) is 13.8 Å². The fraction of sp³-hybridized carbons (Fsp3) is 0.500. The van der Waals surface area contributed by atoms with E-state index in [0.29, 0.717) is 0 Å². The van der Waals surface area contributed by atoms with Crippen LogP contribution >= 0.6 is 0 Å². The van der Waals surface area contributed by atoms with Gasteiger partial charge in [-0.15, -0.1) is 0 Å². The molecule has 0 aliphatic rings. The first kappa shape index (κ1) is 4.67. The zero-order chi connectivity index (χ0) is 4.28. The molecule has 0 aliphatic heterocycles. The molecule has 0 saturated carbocycles. The minimum atomic E-state index is -0.120. The van der Waals surface area contributed by atoms with Crippen LogP contribution in [0.5, 0.6) is 0 Å². The Hall–Kier alpha value is -0.330. The van der Waals surface area contributed by atoms with Crippen LogP contribution in [-0.4, -0.2) is 0 Å². The summed E-state index contributed by atoms with van der Waals surface area (Å²) in [5.74, 6) is -0.120. The van der Waals surface area contributed by atoms with Crippen molar-refractivity contribution in [3.05, 3.63) is 11.9 Å². The van der Waals surface area contributed by atoms with Gasteiger partial charge in [0.05, 0.1) is 5.83 Å². The van der Waals surface area contributed by atoms with Gasteiger partial charge in [0, 0.05) is 0 Å². The predicted molar refractivity (Wildman–Crippen MR) is 20.5 cm³/mol. The van der Waals surface area contributed by atoms with Gasteiger partial charge in [-0.3, -0.25) is 0 Å². The van der Waals surface area contributed by atoms with E-state index in [9.17, 15) is 4.39 Å². The van der Waals surface area contributed by atoms with Gasteiger partial charge in [0.2, 0.25) is 0 Å². The summed E-state index contributed by atoms with van der Waals surface area (Å²) in [4.78, 5) is 0. The zero-order valence-corrected chi connectivity index (χ0v) is 3.46. The molecule has 0 atom stereocenters. The summed E-state index contributed by atoms with van der Waals surface area (Å²) in [6, 6.07) is 0. The maximum atomic E-state index is 11.3. The molecule has 0 aliphatic carbocycles. The van der Waals surface area contributed by atoms with Crippen molar-refractivity contribution in [3.63, 3.8) is 0 Å². The Bertz CT molecular complexity index is 41.6. The highest BCUT2D eigenvalue weighted by Crippen LogP contribution is 1.87. The van der Waals surface area contributed by atoms with Crippen molar-refractivity contribution < 1.29 is 4.39 Å². The van der Waals surface area contributed by atoms with Crippen LogP contribution in [0.3, 0.4) is 0 Å². The molecule has 5 heavy (non-hydrogen) atoms. The van der Waals surface area contributed by atoms with Gasteiger partial charge >= 0.3 is 0 Å². The minimum absolute atomic E-state index is 0.120. The maximum absolute atomic E-state index is 11.3. The number of rotatable bonds is 0. The van der Waals surface area contributed by atoms with Crippen LogP contribution in [0.1, 0.15) is 13.8 Å². The van der Waals surface area contributed by atoms with E-state index in [1.807, 2.05) is 0 Å². The van der Waals surface area contributed by atoms with Crippen LogP contribution in [0, 0.1) is 0 Å². The second-order valence-corrected chi connectivity index (χ2v) is 0.875. The summed E-state index contributed by atoms with van der Waals surface area (Å²) in [6.07, 6.45) is 1.42. The van der Waals surface area contributed by atoms with Gasteiger partial charge in [0.25, 0.3) is 0 Å². The Labute approximate surface area is 31.3 Å². The van der Waals surface area contributed by atoms with Crippen LogP contribution in [0.4, 0.5) is 4.39 Å². The third-order valence-electron chi connectivity index (χ3n) is 0.398.